The SMILES string of the molecule is CCCCCCCCCCCC(CCCCCCCCCCC=O)(C(=O)O)C(=O)OCc1ccccc1. The molecule has 1 unspecified atom stereocenters. The Labute approximate surface area is 225 Å². The van der Waals surface area contributed by atoms with Gasteiger partial charge in [-0.25, -0.2) is 0 Å². The first kappa shape index (κ1) is 32.9. The van der Waals surface area contributed by atoms with Gasteiger partial charge in [0.15, 0.2) is 5.41 Å². The Bertz CT molecular complexity index is 717. The first-order valence-electron chi connectivity index (χ1n) is 14.9. The van der Waals surface area contributed by atoms with E-state index in [-0.39, 0.29) is 6.61 Å². The molecule has 0 spiro atoms. The molecule has 1 rings (SSSR count). The average Bonchev–Trinajstić information content (AvgIpc) is 2.91. The largest absolute Gasteiger partial charge is 0.480 e. The molecule has 0 aliphatic rings. The summed E-state index contributed by atoms with van der Waals surface area (Å²) in [5.74, 6) is -1.63. The first-order valence-corrected chi connectivity index (χ1v) is 14.9. The van der Waals surface area contributed by atoms with Gasteiger partial charge in [-0.05, 0) is 24.8 Å². The van der Waals surface area contributed by atoms with Crippen molar-refractivity contribution in [2.75, 3.05) is 0 Å². The van der Waals surface area contributed by atoms with Crippen LogP contribution in [0.5, 0.6) is 0 Å². The molecular weight excluding hydrogens is 464 g/mol. The Balaban J connectivity index is 2.55. The Morgan fingerprint density at radius 3 is 1.65 bits per heavy atom. The van der Waals surface area contributed by atoms with E-state index in [1.807, 2.05) is 30.3 Å². The molecule has 37 heavy (non-hydrogen) atoms. The number of aldehydes is 1. The molecule has 1 aromatic carbocycles. The topological polar surface area (TPSA) is 80.7 Å². The van der Waals surface area contributed by atoms with Gasteiger partial charge in [0, 0.05) is 6.42 Å². The van der Waals surface area contributed by atoms with Gasteiger partial charge < -0.3 is 14.6 Å². The Morgan fingerprint density at radius 2 is 1.19 bits per heavy atom. The van der Waals surface area contributed by atoms with Gasteiger partial charge in [-0.2, -0.15) is 0 Å². The van der Waals surface area contributed by atoms with Crippen LogP contribution in [-0.4, -0.2) is 23.3 Å². The molecule has 0 aliphatic heterocycles. The Morgan fingerprint density at radius 1 is 0.730 bits per heavy atom. The molecular formula is C32H52O5. The number of rotatable bonds is 25. The van der Waals surface area contributed by atoms with Crippen LogP contribution in [0.1, 0.15) is 141 Å². The average molecular weight is 517 g/mol. The van der Waals surface area contributed by atoms with Gasteiger partial charge in [-0.3, -0.25) is 9.59 Å². The van der Waals surface area contributed by atoms with E-state index in [4.69, 9.17) is 4.74 Å². The van der Waals surface area contributed by atoms with Gasteiger partial charge in [0.25, 0.3) is 0 Å². The van der Waals surface area contributed by atoms with E-state index in [0.717, 1.165) is 82.5 Å². The van der Waals surface area contributed by atoms with Crippen LogP contribution in [0.4, 0.5) is 0 Å². The molecule has 0 amide bonds. The van der Waals surface area contributed by atoms with Crippen molar-refractivity contribution in [1.29, 1.82) is 0 Å². The molecule has 0 aliphatic carbocycles. The van der Waals surface area contributed by atoms with Gasteiger partial charge in [-0.15, -0.1) is 0 Å². The van der Waals surface area contributed by atoms with Crippen molar-refractivity contribution in [2.45, 2.75) is 142 Å². The zero-order valence-corrected chi connectivity index (χ0v) is 23.4. The summed E-state index contributed by atoms with van der Waals surface area (Å²) >= 11 is 0. The van der Waals surface area contributed by atoms with E-state index < -0.39 is 17.4 Å². The minimum Gasteiger partial charge on any atom is -0.480 e. The maximum Gasteiger partial charge on any atom is 0.323 e. The molecule has 1 aromatic rings. The Hall–Kier alpha value is -2.17. The van der Waals surface area contributed by atoms with Crippen molar-refractivity contribution in [3.8, 4) is 0 Å². The molecule has 0 radical (unpaired) electrons. The van der Waals surface area contributed by atoms with Gasteiger partial charge in [0.05, 0.1) is 0 Å². The molecule has 210 valence electrons. The van der Waals surface area contributed by atoms with Crippen LogP contribution >= 0.6 is 0 Å². The lowest BCUT2D eigenvalue weighted by Gasteiger charge is -2.27. The number of carboxylic acids is 1. The predicted octanol–water partition coefficient (Wildman–Crippen LogP) is 8.82. The maximum atomic E-state index is 13.2. The van der Waals surface area contributed by atoms with E-state index in [2.05, 4.69) is 6.92 Å². The summed E-state index contributed by atoms with van der Waals surface area (Å²) < 4.78 is 5.59. The lowest BCUT2D eigenvalue weighted by molar-refractivity contribution is -0.171. The van der Waals surface area contributed by atoms with Crippen LogP contribution in [0.3, 0.4) is 0 Å². The predicted molar refractivity (Wildman–Crippen MR) is 150 cm³/mol. The minimum absolute atomic E-state index is 0.108. The van der Waals surface area contributed by atoms with Crippen LogP contribution < -0.4 is 0 Å². The first-order chi connectivity index (χ1) is 18.1. The van der Waals surface area contributed by atoms with E-state index in [1.165, 1.54) is 38.5 Å². The van der Waals surface area contributed by atoms with Crippen LogP contribution in [0.25, 0.3) is 0 Å². The summed E-state index contributed by atoms with van der Waals surface area (Å²) in [5.41, 5.74) is -0.587. The van der Waals surface area contributed by atoms with Gasteiger partial charge >= 0.3 is 11.9 Å². The molecule has 0 saturated carbocycles. The number of unbranched alkanes of at least 4 members (excludes halogenated alkanes) is 16. The van der Waals surface area contributed by atoms with Gasteiger partial charge in [0.1, 0.15) is 12.9 Å². The van der Waals surface area contributed by atoms with Crippen LogP contribution in [0.2, 0.25) is 0 Å². The normalized spacial score (nSPS) is 12.7. The number of esters is 1. The van der Waals surface area contributed by atoms with E-state index >= 15 is 0 Å². The fourth-order valence-electron chi connectivity index (χ4n) is 4.94. The summed E-state index contributed by atoms with van der Waals surface area (Å²) in [4.78, 5) is 36.1. The van der Waals surface area contributed by atoms with Crippen molar-refractivity contribution in [2.24, 2.45) is 5.41 Å². The highest BCUT2D eigenvalue weighted by molar-refractivity contribution is 5.99. The Kier molecular flexibility index (Phi) is 19.4. The lowest BCUT2D eigenvalue weighted by Crippen LogP contribution is -2.41. The number of carboxylic acid groups (broad SMARTS) is 1. The number of carbonyl (C=O) groups excluding carboxylic acids is 2. The summed E-state index contributed by atoms with van der Waals surface area (Å²) in [5, 5.41) is 10.2. The number of benzene rings is 1. The number of carbonyl (C=O) groups is 3. The van der Waals surface area contributed by atoms with Crippen molar-refractivity contribution in [3.05, 3.63) is 35.9 Å². The van der Waals surface area contributed by atoms with Crippen LogP contribution in [0, 0.1) is 5.41 Å². The molecule has 5 heteroatoms. The third-order valence-electron chi connectivity index (χ3n) is 7.40. The van der Waals surface area contributed by atoms with Crippen molar-refractivity contribution >= 4 is 18.2 Å². The lowest BCUT2D eigenvalue weighted by atomic mass is 9.77. The summed E-state index contributed by atoms with van der Waals surface area (Å²) in [6.07, 6.45) is 20.8. The summed E-state index contributed by atoms with van der Waals surface area (Å²) in [6, 6.07) is 9.45. The van der Waals surface area contributed by atoms with Gasteiger partial charge in [-0.1, -0.05) is 140 Å². The second-order valence-corrected chi connectivity index (χ2v) is 10.6. The molecule has 1 N–H and O–H groups in total. The zero-order valence-electron chi connectivity index (χ0n) is 23.4. The number of ether oxygens (including phenoxy) is 1. The number of aliphatic carboxylic acids is 1. The number of hydrogen-bond acceptors (Lipinski definition) is 4. The molecule has 0 saturated heterocycles. The molecule has 1 atom stereocenters. The van der Waals surface area contributed by atoms with Crippen LogP contribution in [0.15, 0.2) is 30.3 Å². The highest BCUT2D eigenvalue weighted by Crippen LogP contribution is 2.34. The fraction of sp³-hybridized carbons (Fsp3) is 0.719. The number of hydrogen-bond donors (Lipinski definition) is 1. The van der Waals surface area contributed by atoms with E-state index in [9.17, 15) is 19.5 Å². The van der Waals surface area contributed by atoms with Crippen LogP contribution in [-0.2, 0) is 25.7 Å². The minimum atomic E-state index is -1.45. The third kappa shape index (κ3) is 15.0. The maximum absolute atomic E-state index is 13.2. The van der Waals surface area contributed by atoms with Gasteiger partial charge in [0.2, 0.25) is 0 Å². The summed E-state index contributed by atoms with van der Waals surface area (Å²) in [6.45, 7) is 2.33. The fourth-order valence-corrected chi connectivity index (χ4v) is 4.94. The highest BCUT2D eigenvalue weighted by Gasteiger charge is 2.46. The molecule has 0 bridgehead atoms. The summed E-state index contributed by atoms with van der Waals surface area (Å²) in [7, 11) is 0. The highest BCUT2D eigenvalue weighted by atomic mass is 16.5. The standard InChI is InChI=1S/C32H52O5/c1-2-3-4-5-6-8-11-14-20-25-32(30(34)35,31(36)37-28-29-23-18-17-19-24-29)26-21-15-12-9-7-10-13-16-22-27-33/h17-19,23-24,27H,2-16,20-22,25-26,28H2,1H3,(H,34,35). The molecule has 5 nitrogen and oxygen atoms in total. The second kappa shape index (κ2) is 21.9. The van der Waals surface area contributed by atoms with E-state index in [0.29, 0.717) is 19.3 Å². The zero-order chi connectivity index (χ0) is 27.0. The molecule has 0 fully saturated rings. The van der Waals surface area contributed by atoms with Crippen molar-refractivity contribution in [1.82, 2.24) is 0 Å². The van der Waals surface area contributed by atoms with Crippen molar-refractivity contribution in [3.63, 3.8) is 0 Å². The quantitative estimate of drug-likeness (QED) is 0.0607. The second-order valence-electron chi connectivity index (χ2n) is 10.6. The van der Waals surface area contributed by atoms with E-state index in [1.54, 1.807) is 0 Å². The third-order valence-corrected chi connectivity index (χ3v) is 7.40. The monoisotopic (exact) mass is 516 g/mol. The van der Waals surface area contributed by atoms with Crippen molar-refractivity contribution < 1.29 is 24.2 Å². The molecule has 0 aromatic heterocycles. The smallest absolute Gasteiger partial charge is 0.323 e. The molecule has 0 heterocycles.